The Morgan fingerprint density at radius 1 is 1.23 bits per heavy atom. The zero-order chi connectivity index (χ0) is 14.9. The molecule has 0 atom stereocenters. The van der Waals surface area contributed by atoms with Gasteiger partial charge in [0.05, 0.1) is 12.0 Å². The molecular formula is C17H31ClN2O2. The van der Waals surface area contributed by atoms with Gasteiger partial charge in [0.2, 0.25) is 0 Å². The predicted molar refractivity (Wildman–Crippen MR) is 90.4 cm³/mol. The van der Waals surface area contributed by atoms with E-state index in [0.717, 1.165) is 32.1 Å². The fourth-order valence-corrected chi connectivity index (χ4v) is 4.56. The number of ether oxygens (including phenoxy) is 1. The molecule has 0 radical (unpaired) electrons. The minimum atomic E-state index is -0.193. The molecule has 0 aromatic carbocycles. The predicted octanol–water partition coefficient (Wildman–Crippen LogP) is 2.61. The van der Waals surface area contributed by atoms with Crippen molar-refractivity contribution in [3.05, 3.63) is 0 Å². The van der Waals surface area contributed by atoms with E-state index < -0.39 is 0 Å². The Balaban J connectivity index is 0.00000176. The third kappa shape index (κ3) is 3.15. The van der Waals surface area contributed by atoms with Gasteiger partial charge in [-0.3, -0.25) is 9.69 Å². The molecular weight excluding hydrogens is 300 g/mol. The molecule has 3 fully saturated rings. The van der Waals surface area contributed by atoms with Crippen molar-refractivity contribution in [1.82, 2.24) is 10.2 Å². The van der Waals surface area contributed by atoms with Crippen LogP contribution in [0.1, 0.15) is 52.4 Å². The highest BCUT2D eigenvalue weighted by atomic mass is 35.5. The average Bonchev–Trinajstić information content (AvgIpc) is 2.93. The SMILES string of the molecule is CCOC(=O)C1(CC)CCC(N2CCC3(CNC3)C2)CC1.Cl. The smallest absolute Gasteiger partial charge is 0.312 e. The number of hydrogen-bond donors (Lipinski definition) is 1. The van der Waals surface area contributed by atoms with Gasteiger partial charge in [0, 0.05) is 31.1 Å². The lowest BCUT2D eigenvalue weighted by molar-refractivity contribution is -0.158. The third-order valence-electron chi connectivity index (χ3n) is 6.28. The lowest BCUT2D eigenvalue weighted by Crippen LogP contribution is -2.55. The monoisotopic (exact) mass is 330 g/mol. The first kappa shape index (κ1) is 18.0. The van der Waals surface area contributed by atoms with Gasteiger partial charge in [-0.2, -0.15) is 0 Å². The van der Waals surface area contributed by atoms with Gasteiger partial charge in [-0.05, 0) is 52.0 Å². The maximum Gasteiger partial charge on any atom is 0.312 e. The van der Waals surface area contributed by atoms with Crippen LogP contribution in [0.25, 0.3) is 0 Å². The van der Waals surface area contributed by atoms with E-state index in [4.69, 9.17) is 4.74 Å². The Labute approximate surface area is 140 Å². The molecule has 128 valence electrons. The van der Waals surface area contributed by atoms with Crippen molar-refractivity contribution in [3.63, 3.8) is 0 Å². The molecule has 3 aliphatic rings. The summed E-state index contributed by atoms with van der Waals surface area (Å²) in [6, 6.07) is 0.694. The lowest BCUT2D eigenvalue weighted by atomic mass is 9.70. The van der Waals surface area contributed by atoms with Gasteiger partial charge in [0.1, 0.15) is 0 Å². The number of hydrogen-bond acceptors (Lipinski definition) is 4. The summed E-state index contributed by atoms with van der Waals surface area (Å²) in [5.74, 6) is 0.0482. The van der Waals surface area contributed by atoms with Crippen molar-refractivity contribution in [2.75, 3.05) is 32.8 Å². The standard InChI is InChI=1S/C17H30N2O2.ClH/c1-3-17(15(20)21-4-2)7-5-14(6-8-17)19-10-9-16(13-19)11-18-12-16;/h14,18H,3-13H2,1-2H3;1H. The number of nitrogens with zero attached hydrogens (tertiary/aromatic N) is 1. The quantitative estimate of drug-likeness (QED) is 0.805. The van der Waals surface area contributed by atoms with Crippen LogP contribution in [0.5, 0.6) is 0 Å². The van der Waals surface area contributed by atoms with Gasteiger partial charge in [-0.15, -0.1) is 12.4 Å². The summed E-state index contributed by atoms with van der Waals surface area (Å²) in [5, 5.41) is 3.43. The molecule has 1 saturated carbocycles. The van der Waals surface area contributed by atoms with Gasteiger partial charge in [-0.1, -0.05) is 6.92 Å². The Bertz CT molecular complexity index is 390. The Morgan fingerprint density at radius 3 is 2.36 bits per heavy atom. The first-order chi connectivity index (χ1) is 10.1. The first-order valence-corrected chi connectivity index (χ1v) is 8.75. The molecule has 0 amide bonds. The van der Waals surface area contributed by atoms with Crippen molar-refractivity contribution >= 4 is 18.4 Å². The number of esters is 1. The summed E-state index contributed by atoms with van der Waals surface area (Å²) in [6.45, 7) is 9.49. The average molecular weight is 331 g/mol. The summed E-state index contributed by atoms with van der Waals surface area (Å²) in [7, 11) is 0. The molecule has 22 heavy (non-hydrogen) atoms. The molecule has 0 bridgehead atoms. The number of likely N-dealkylation sites (tertiary alicyclic amines) is 1. The van der Waals surface area contributed by atoms with Crippen molar-refractivity contribution < 1.29 is 9.53 Å². The number of rotatable bonds is 4. The molecule has 1 N–H and O–H groups in total. The zero-order valence-corrected chi connectivity index (χ0v) is 14.8. The Morgan fingerprint density at radius 2 is 1.91 bits per heavy atom. The van der Waals surface area contributed by atoms with Gasteiger partial charge in [0.15, 0.2) is 0 Å². The molecule has 2 aliphatic heterocycles. The van der Waals surface area contributed by atoms with Gasteiger partial charge in [0.25, 0.3) is 0 Å². The Kier molecular flexibility index (Phi) is 5.79. The number of carbonyl (C=O) groups is 1. The van der Waals surface area contributed by atoms with E-state index in [2.05, 4.69) is 17.1 Å². The largest absolute Gasteiger partial charge is 0.466 e. The molecule has 0 aromatic heterocycles. The summed E-state index contributed by atoms with van der Waals surface area (Å²) in [5.41, 5.74) is 0.391. The second kappa shape index (κ2) is 7.06. The van der Waals surface area contributed by atoms with Crippen molar-refractivity contribution in [1.29, 1.82) is 0 Å². The molecule has 1 aliphatic carbocycles. The molecule has 2 saturated heterocycles. The number of halogens is 1. The summed E-state index contributed by atoms with van der Waals surface area (Å²) in [6.07, 6.45) is 6.62. The van der Waals surface area contributed by atoms with Gasteiger partial charge >= 0.3 is 5.97 Å². The van der Waals surface area contributed by atoms with Crippen LogP contribution >= 0.6 is 12.4 Å². The van der Waals surface area contributed by atoms with Gasteiger partial charge < -0.3 is 10.1 Å². The van der Waals surface area contributed by atoms with Crippen LogP contribution in [0, 0.1) is 10.8 Å². The summed E-state index contributed by atoms with van der Waals surface area (Å²) >= 11 is 0. The molecule has 1 spiro atoms. The second-order valence-corrected chi connectivity index (χ2v) is 7.41. The fraction of sp³-hybridized carbons (Fsp3) is 0.941. The molecule has 5 heteroatoms. The minimum absolute atomic E-state index is 0. The second-order valence-electron chi connectivity index (χ2n) is 7.41. The topological polar surface area (TPSA) is 41.6 Å². The highest BCUT2D eigenvalue weighted by Crippen LogP contribution is 2.44. The Hall–Kier alpha value is -0.320. The van der Waals surface area contributed by atoms with Crippen molar-refractivity contribution in [2.24, 2.45) is 10.8 Å². The van der Waals surface area contributed by atoms with Gasteiger partial charge in [-0.25, -0.2) is 0 Å². The van der Waals surface area contributed by atoms with Crippen LogP contribution in [0.15, 0.2) is 0 Å². The van der Waals surface area contributed by atoms with Crippen LogP contribution in [-0.2, 0) is 9.53 Å². The fourth-order valence-electron chi connectivity index (χ4n) is 4.56. The number of carbonyl (C=O) groups excluding carboxylic acids is 1. The van der Waals surface area contributed by atoms with E-state index in [1.54, 1.807) is 0 Å². The van der Waals surface area contributed by atoms with Crippen LogP contribution in [0.2, 0.25) is 0 Å². The van der Waals surface area contributed by atoms with E-state index in [1.807, 2.05) is 6.92 Å². The summed E-state index contributed by atoms with van der Waals surface area (Å²) in [4.78, 5) is 15.0. The van der Waals surface area contributed by atoms with E-state index in [-0.39, 0.29) is 23.8 Å². The molecule has 0 unspecified atom stereocenters. The van der Waals surface area contributed by atoms with E-state index in [0.29, 0.717) is 18.1 Å². The van der Waals surface area contributed by atoms with E-state index >= 15 is 0 Å². The minimum Gasteiger partial charge on any atom is -0.466 e. The van der Waals surface area contributed by atoms with Crippen LogP contribution in [-0.4, -0.2) is 49.7 Å². The van der Waals surface area contributed by atoms with Crippen molar-refractivity contribution in [2.45, 2.75) is 58.4 Å². The lowest BCUT2D eigenvalue weighted by Gasteiger charge is -2.43. The third-order valence-corrected chi connectivity index (χ3v) is 6.28. The van der Waals surface area contributed by atoms with E-state index in [9.17, 15) is 4.79 Å². The van der Waals surface area contributed by atoms with Crippen molar-refractivity contribution in [3.8, 4) is 0 Å². The maximum atomic E-state index is 12.3. The van der Waals surface area contributed by atoms with Crippen LogP contribution in [0.4, 0.5) is 0 Å². The molecule has 2 heterocycles. The molecule has 4 nitrogen and oxygen atoms in total. The zero-order valence-electron chi connectivity index (χ0n) is 14.0. The normalized spacial score (nSPS) is 34.0. The highest BCUT2D eigenvalue weighted by molar-refractivity contribution is 5.85. The van der Waals surface area contributed by atoms with E-state index in [1.165, 1.54) is 32.6 Å². The maximum absolute atomic E-state index is 12.3. The molecule has 0 aromatic rings. The van der Waals surface area contributed by atoms with Crippen LogP contribution < -0.4 is 5.32 Å². The molecule has 3 rings (SSSR count). The summed E-state index contributed by atoms with van der Waals surface area (Å²) < 4.78 is 5.34. The first-order valence-electron chi connectivity index (χ1n) is 8.75. The highest BCUT2D eigenvalue weighted by Gasteiger charge is 2.47. The number of nitrogens with one attached hydrogen (secondary N) is 1. The van der Waals surface area contributed by atoms with Crippen LogP contribution in [0.3, 0.4) is 0 Å².